The summed E-state index contributed by atoms with van der Waals surface area (Å²) in [6.45, 7) is 3.27. The van der Waals surface area contributed by atoms with Crippen molar-refractivity contribution >= 4 is 39.2 Å². The average molecular weight is 676 g/mol. The summed E-state index contributed by atoms with van der Waals surface area (Å²) in [7, 11) is -4.07. The number of phenolic OH excluding ortho intramolecular Hbond substituents is 1. The summed E-state index contributed by atoms with van der Waals surface area (Å²) in [5.41, 5.74) is 14.6. The average Bonchev–Trinajstić information content (AvgIpc) is 3.04. The van der Waals surface area contributed by atoms with Crippen LogP contribution in [0.15, 0.2) is 77.7 Å². The lowest BCUT2D eigenvalue weighted by molar-refractivity contribution is 0.0645. The summed E-state index contributed by atoms with van der Waals surface area (Å²) >= 11 is 0. The van der Waals surface area contributed by atoms with Gasteiger partial charge in [0.25, 0.3) is 10.0 Å². The molecule has 0 saturated carbocycles. The van der Waals surface area contributed by atoms with Crippen LogP contribution in [0.5, 0.6) is 5.75 Å². The summed E-state index contributed by atoms with van der Waals surface area (Å²) in [6, 6.07) is 19.9. The summed E-state index contributed by atoms with van der Waals surface area (Å²) < 4.78 is 29.1. The number of nitrogens with one attached hydrogen (secondary N) is 1. The van der Waals surface area contributed by atoms with Crippen molar-refractivity contribution < 1.29 is 23.7 Å². The van der Waals surface area contributed by atoms with E-state index in [4.69, 9.17) is 11.5 Å². The van der Waals surface area contributed by atoms with Crippen molar-refractivity contribution in [2.45, 2.75) is 55.5 Å². The highest BCUT2D eigenvalue weighted by Gasteiger charge is 2.31. The Balaban J connectivity index is 1.34. The van der Waals surface area contributed by atoms with Gasteiger partial charge in [0.2, 0.25) is 17.8 Å². The highest BCUT2D eigenvalue weighted by molar-refractivity contribution is 7.92. The van der Waals surface area contributed by atoms with E-state index in [1.54, 1.807) is 35.2 Å². The van der Waals surface area contributed by atoms with E-state index < -0.39 is 22.2 Å². The van der Waals surface area contributed by atoms with E-state index in [0.29, 0.717) is 31.1 Å². The van der Waals surface area contributed by atoms with E-state index in [1.165, 1.54) is 16.4 Å². The number of sulfonamides is 1. The second-order valence-electron chi connectivity index (χ2n) is 12.5. The molecule has 0 unspecified atom stereocenters. The molecule has 0 bridgehead atoms. The van der Waals surface area contributed by atoms with Crippen molar-refractivity contribution in [1.82, 2.24) is 15.0 Å². The van der Waals surface area contributed by atoms with Crippen LogP contribution in [0.25, 0.3) is 0 Å². The molecule has 1 aromatic heterocycles. The Kier molecular flexibility index (Phi) is 9.66. The van der Waals surface area contributed by atoms with Crippen molar-refractivity contribution in [3.8, 4) is 5.75 Å². The molecule has 8 N–H and O–H groups in total. The first-order chi connectivity index (χ1) is 22.9. The molecule has 2 aliphatic rings. The van der Waals surface area contributed by atoms with Gasteiger partial charge < -0.3 is 41.9 Å². The van der Waals surface area contributed by atoms with E-state index in [1.807, 2.05) is 42.2 Å². The van der Waals surface area contributed by atoms with Gasteiger partial charge in [-0.2, -0.15) is 15.0 Å². The number of aromatic nitrogens is 3. The quantitative estimate of drug-likeness (QED) is 0.150. The lowest BCUT2D eigenvalue weighted by atomic mass is 10.0. The summed E-state index contributed by atoms with van der Waals surface area (Å²) in [5, 5.41) is 35.1. The lowest BCUT2D eigenvalue weighted by Gasteiger charge is -2.36. The molecule has 2 saturated heterocycles. The molecule has 2 fully saturated rings. The number of aryl methyl sites for hydroxylation is 1. The number of nitrogens with zero attached hydrogens (tertiary/aromatic N) is 6. The molecular formula is C33H41N9O5S. The van der Waals surface area contributed by atoms with Gasteiger partial charge in [0.1, 0.15) is 5.75 Å². The smallest absolute Gasteiger partial charge is 0.264 e. The minimum Gasteiger partial charge on any atom is -0.506 e. The summed E-state index contributed by atoms with van der Waals surface area (Å²) in [4.78, 5) is 17.5. The maximum Gasteiger partial charge on any atom is 0.264 e. The van der Waals surface area contributed by atoms with Crippen LogP contribution in [-0.2, 0) is 16.6 Å². The Morgan fingerprint density at radius 3 is 2.04 bits per heavy atom. The van der Waals surface area contributed by atoms with Gasteiger partial charge in [0, 0.05) is 56.4 Å². The Bertz CT molecular complexity index is 1770. The third-order valence-corrected chi connectivity index (χ3v) is 10.2. The highest BCUT2D eigenvalue weighted by atomic mass is 32.2. The molecule has 0 amide bonds. The predicted octanol–water partition coefficient (Wildman–Crippen LogP) is 1.82. The number of hydrogen-bond donors (Lipinski definition) is 6. The lowest BCUT2D eigenvalue weighted by Crippen LogP contribution is -2.53. The topological polar surface area (TPSA) is 207 Å². The van der Waals surface area contributed by atoms with E-state index in [2.05, 4.69) is 20.3 Å². The first-order valence-corrected chi connectivity index (χ1v) is 17.2. The van der Waals surface area contributed by atoms with E-state index in [0.717, 1.165) is 11.1 Å². The van der Waals surface area contributed by atoms with Crippen LogP contribution in [0.2, 0.25) is 0 Å². The number of aliphatic hydroxyl groups is 2. The van der Waals surface area contributed by atoms with Gasteiger partial charge in [0.15, 0.2) is 0 Å². The van der Waals surface area contributed by atoms with Crippen LogP contribution in [0.3, 0.4) is 0 Å². The number of aliphatic hydroxyl groups excluding tert-OH is 2. The van der Waals surface area contributed by atoms with Crippen LogP contribution >= 0.6 is 0 Å². The van der Waals surface area contributed by atoms with Gasteiger partial charge in [-0.1, -0.05) is 48.0 Å². The van der Waals surface area contributed by atoms with Crippen LogP contribution in [-0.4, -0.2) is 89.2 Å². The summed E-state index contributed by atoms with van der Waals surface area (Å²) in [6.07, 6.45) is -0.609. The minimum atomic E-state index is -4.07. The number of anilines is 5. The Morgan fingerprint density at radius 2 is 1.44 bits per heavy atom. The summed E-state index contributed by atoms with van der Waals surface area (Å²) in [5.74, 6) is 0.419. The fourth-order valence-corrected chi connectivity index (χ4v) is 7.54. The van der Waals surface area contributed by atoms with Crippen LogP contribution in [0.1, 0.15) is 24.0 Å². The first kappa shape index (κ1) is 33.4. The number of aromatic hydroxyl groups is 1. The van der Waals surface area contributed by atoms with Gasteiger partial charge in [-0.15, -0.1) is 0 Å². The molecule has 3 heterocycles. The van der Waals surface area contributed by atoms with Crippen molar-refractivity contribution in [2.24, 2.45) is 11.5 Å². The Morgan fingerprint density at radius 1 is 0.833 bits per heavy atom. The molecule has 0 aliphatic carbocycles. The van der Waals surface area contributed by atoms with Gasteiger partial charge in [-0.05, 0) is 43.2 Å². The number of piperidine rings is 2. The maximum absolute atomic E-state index is 14.0. The van der Waals surface area contributed by atoms with Crippen LogP contribution < -0.4 is 30.9 Å². The standard InChI is InChI=1S/C33H41N9O5S/c1-21-7-10-28(11-8-21)48(46,47)42(16-22-5-3-2-4-6-22)29-12-9-25(14-30(29)45)36-31-37-32(40-17-23(34)13-24(35)18-40)39-33(38-31)41-19-26(43)15-27(44)20-41/h2-12,14,23-24,26-27,43-45H,13,15-20,34-35H2,1H3,(H,36,37,38,39)/t23-,24+,26-,27+. The SMILES string of the molecule is Cc1ccc(S(=O)(=O)N(Cc2ccccc2)c2ccc(Nc3nc(N4C[C@H](N)C[C@H](N)C4)nc(N4C[C@H](O)C[C@H](O)C4)n3)cc2O)cc1. The molecule has 2 aliphatic heterocycles. The molecule has 6 rings (SSSR count). The number of rotatable bonds is 9. The zero-order valence-electron chi connectivity index (χ0n) is 26.6. The van der Waals surface area contributed by atoms with E-state index >= 15 is 0 Å². The first-order valence-electron chi connectivity index (χ1n) is 15.8. The molecule has 3 aromatic carbocycles. The molecule has 14 nitrogen and oxygen atoms in total. The van der Waals surface area contributed by atoms with Gasteiger partial charge in [0.05, 0.1) is 29.3 Å². The largest absolute Gasteiger partial charge is 0.506 e. The number of β-amino-alcohol motifs (C(OH)–C–C–N with tert-alkyl or cyclic N) is 2. The molecule has 4 atom stereocenters. The second kappa shape index (κ2) is 13.9. The number of benzene rings is 3. The highest BCUT2D eigenvalue weighted by Crippen LogP contribution is 2.36. The molecule has 254 valence electrons. The second-order valence-corrected chi connectivity index (χ2v) is 14.4. The Labute approximate surface area is 279 Å². The fourth-order valence-electron chi connectivity index (χ4n) is 6.07. The van der Waals surface area contributed by atoms with Crippen LogP contribution in [0, 0.1) is 6.92 Å². The van der Waals surface area contributed by atoms with Gasteiger partial charge in [-0.25, -0.2) is 8.42 Å². The fraction of sp³-hybridized carbons (Fsp3) is 0.364. The van der Waals surface area contributed by atoms with Gasteiger partial charge in [-0.3, -0.25) is 4.31 Å². The van der Waals surface area contributed by atoms with Crippen molar-refractivity contribution in [3.63, 3.8) is 0 Å². The molecule has 0 spiro atoms. The van der Waals surface area contributed by atoms with Crippen LogP contribution in [0.4, 0.5) is 29.2 Å². The van der Waals surface area contributed by atoms with E-state index in [9.17, 15) is 23.7 Å². The molecule has 15 heteroatoms. The van der Waals surface area contributed by atoms with Crippen molar-refractivity contribution in [3.05, 3.63) is 83.9 Å². The maximum atomic E-state index is 14.0. The van der Waals surface area contributed by atoms with Crippen molar-refractivity contribution in [1.29, 1.82) is 0 Å². The monoisotopic (exact) mass is 675 g/mol. The molecular weight excluding hydrogens is 634 g/mol. The Hall–Kier alpha value is -4.54. The zero-order valence-corrected chi connectivity index (χ0v) is 27.4. The third kappa shape index (κ3) is 7.61. The molecule has 0 radical (unpaired) electrons. The van der Waals surface area contributed by atoms with E-state index in [-0.39, 0.29) is 66.4 Å². The van der Waals surface area contributed by atoms with Gasteiger partial charge >= 0.3 is 0 Å². The number of phenols is 1. The number of nitrogens with two attached hydrogens (primary N) is 2. The zero-order chi connectivity index (χ0) is 34.0. The molecule has 48 heavy (non-hydrogen) atoms. The number of hydrogen-bond acceptors (Lipinski definition) is 13. The molecule has 4 aromatic rings. The minimum absolute atomic E-state index is 0.00871. The normalized spacial score (nSPS) is 21.6. The third-order valence-electron chi connectivity index (χ3n) is 8.38. The van der Waals surface area contributed by atoms with Crippen molar-refractivity contribution in [2.75, 3.05) is 45.6 Å². The predicted molar refractivity (Wildman–Crippen MR) is 184 cm³/mol.